The van der Waals surface area contributed by atoms with E-state index in [1.54, 1.807) is 0 Å². The molecule has 0 atom stereocenters. The van der Waals surface area contributed by atoms with Gasteiger partial charge in [0.1, 0.15) is 0 Å². The normalized spacial score (nSPS) is 9.95. The quantitative estimate of drug-likeness (QED) is 0.511. The molecule has 0 aliphatic heterocycles. The van der Waals surface area contributed by atoms with Crippen molar-refractivity contribution in [3.05, 3.63) is 56.8 Å². The van der Waals surface area contributed by atoms with Gasteiger partial charge in [0.25, 0.3) is 0 Å². The number of allylic oxidation sites excluding steroid dienone is 2. The van der Waals surface area contributed by atoms with Gasteiger partial charge in [-0.25, -0.2) is 28.1 Å². The molecule has 7 nitrogen and oxygen atoms in total. The van der Waals surface area contributed by atoms with Crippen LogP contribution in [0.3, 0.4) is 0 Å². The van der Waals surface area contributed by atoms with Crippen molar-refractivity contribution >= 4 is 0 Å². The van der Waals surface area contributed by atoms with Crippen LogP contribution in [0.4, 0.5) is 0 Å². The molecule has 0 aromatic carbocycles. The van der Waals surface area contributed by atoms with Gasteiger partial charge in [0.2, 0.25) is 0 Å². The molecule has 0 radical (unpaired) electrons. The number of aromatic nitrogens is 3. The Hall–Kier alpha value is -2.62. The van der Waals surface area contributed by atoms with Crippen LogP contribution >= 0.6 is 0 Å². The van der Waals surface area contributed by atoms with Crippen molar-refractivity contribution in [3.63, 3.8) is 0 Å². The van der Waals surface area contributed by atoms with E-state index in [1.165, 1.54) is 12.2 Å². The Bertz CT molecular complexity index is 667. The minimum atomic E-state index is -0.684. The van der Waals surface area contributed by atoms with Crippen molar-refractivity contribution in [2.75, 3.05) is 0 Å². The maximum Gasteiger partial charge on any atom is 0.336 e. The number of hydrogen-bond acceptors (Lipinski definition) is 4. The third-order valence-corrected chi connectivity index (χ3v) is 2.68. The maximum absolute atomic E-state index is 12.1. The van der Waals surface area contributed by atoms with Gasteiger partial charge in [-0.1, -0.05) is 12.2 Å². The molecule has 0 fully saturated rings. The molecule has 0 aliphatic rings. The lowest BCUT2D eigenvalue weighted by molar-refractivity contribution is 0.471. The van der Waals surface area contributed by atoms with E-state index in [-0.39, 0.29) is 26.1 Å². The summed E-state index contributed by atoms with van der Waals surface area (Å²) < 4.78 is 2.83. The van der Waals surface area contributed by atoms with Crippen LogP contribution in [-0.4, -0.2) is 13.7 Å². The van der Waals surface area contributed by atoms with E-state index in [4.69, 9.17) is 5.26 Å². The van der Waals surface area contributed by atoms with Gasteiger partial charge in [0, 0.05) is 13.0 Å². The van der Waals surface area contributed by atoms with Crippen molar-refractivity contribution in [2.24, 2.45) is 0 Å². The van der Waals surface area contributed by atoms with Gasteiger partial charge in [0.05, 0.1) is 19.2 Å². The lowest BCUT2D eigenvalue weighted by atomic mass is 10.3. The van der Waals surface area contributed by atoms with Crippen molar-refractivity contribution in [1.29, 1.82) is 5.26 Å². The highest BCUT2D eigenvalue weighted by molar-refractivity contribution is 4.85. The van der Waals surface area contributed by atoms with Gasteiger partial charge < -0.3 is 0 Å². The predicted molar refractivity (Wildman–Crippen MR) is 74.5 cm³/mol. The molecule has 1 heterocycles. The van der Waals surface area contributed by atoms with E-state index in [2.05, 4.69) is 13.2 Å². The van der Waals surface area contributed by atoms with Gasteiger partial charge >= 0.3 is 17.1 Å². The fraction of sp³-hybridized carbons (Fsp3) is 0.385. The van der Waals surface area contributed by atoms with Crippen LogP contribution in [0.2, 0.25) is 0 Å². The molecular weight excluding hydrogens is 260 g/mol. The monoisotopic (exact) mass is 276 g/mol. The summed E-state index contributed by atoms with van der Waals surface area (Å²) in [5.74, 6) is 0. The lowest BCUT2D eigenvalue weighted by Crippen LogP contribution is -2.54. The van der Waals surface area contributed by atoms with Crippen LogP contribution in [0.15, 0.2) is 39.7 Å². The zero-order valence-corrected chi connectivity index (χ0v) is 11.1. The van der Waals surface area contributed by atoms with Crippen LogP contribution in [-0.2, 0) is 19.6 Å². The Morgan fingerprint density at radius 3 is 1.80 bits per heavy atom. The number of rotatable bonds is 7. The molecule has 1 aromatic heterocycles. The molecule has 0 bridgehead atoms. The zero-order chi connectivity index (χ0) is 15.1. The first-order valence-electron chi connectivity index (χ1n) is 6.11. The molecule has 0 N–H and O–H groups in total. The molecule has 1 rings (SSSR count). The Labute approximate surface area is 115 Å². The van der Waals surface area contributed by atoms with Gasteiger partial charge in [-0.15, -0.1) is 13.2 Å². The highest BCUT2D eigenvalue weighted by Gasteiger charge is 2.13. The minimum absolute atomic E-state index is 0.0212. The fourth-order valence-corrected chi connectivity index (χ4v) is 1.76. The minimum Gasteiger partial charge on any atom is -0.247 e. The van der Waals surface area contributed by atoms with Gasteiger partial charge in [-0.05, 0) is 6.42 Å². The Kier molecular flexibility index (Phi) is 5.47. The largest absolute Gasteiger partial charge is 0.336 e. The van der Waals surface area contributed by atoms with E-state index < -0.39 is 17.1 Å². The van der Waals surface area contributed by atoms with Crippen molar-refractivity contribution in [2.45, 2.75) is 32.5 Å². The van der Waals surface area contributed by atoms with Crippen LogP contribution in [0, 0.1) is 11.3 Å². The summed E-state index contributed by atoms with van der Waals surface area (Å²) in [6, 6.07) is 1.94. The molecule has 0 saturated carbocycles. The molecule has 1 aromatic rings. The molecular formula is C13H16N4O3. The first kappa shape index (κ1) is 15.4. The summed E-state index contributed by atoms with van der Waals surface area (Å²) in [4.78, 5) is 36.3. The van der Waals surface area contributed by atoms with E-state index in [0.717, 1.165) is 13.7 Å². The molecule has 0 amide bonds. The van der Waals surface area contributed by atoms with Gasteiger partial charge in [-0.3, -0.25) is 0 Å². The second kappa shape index (κ2) is 7.09. The second-order valence-corrected chi connectivity index (χ2v) is 4.06. The zero-order valence-electron chi connectivity index (χ0n) is 11.1. The molecule has 7 heteroatoms. The average molecular weight is 276 g/mol. The van der Waals surface area contributed by atoms with Crippen LogP contribution in [0.25, 0.3) is 0 Å². The van der Waals surface area contributed by atoms with Crippen molar-refractivity contribution < 1.29 is 0 Å². The average Bonchev–Trinajstić information content (AvgIpc) is 2.43. The summed E-state index contributed by atoms with van der Waals surface area (Å²) >= 11 is 0. The highest BCUT2D eigenvalue weighted by atomic mass is 16.2. The summed E-state index contributed by atoms with van der Waals surface area (Å²) in [6.45, 7) is 7.11. The molecule has 20 heavy (non-hydrogen) atoms. The van der Waals surface area contributed by atoms with Crippen LogP contribution in [0.1, 0.15) is 12.8 Å². The maximum atomic E-state index is 12.1. The summed E-state index contributed by atoms with van der Waals surface area (Å²) in [5.41, 5.74) is -2.05. The standard InChI is InChI=1S/C13H16N4O3/c1-3-8-15-11(18)16(9-4-2)13(20)17(12(15)19)10-6-5-7-14/h3-4H,1-2,5-6,8-10H2. The third-order valence-electron chi connectivity index (χ3n) is 2.68. The van der Waals surface area contributed by atoms with Gasteiger partial charge in [0.15, 0.2) is 0 Å². The number of nitrogens with zero attached hydrogens (tertiary/aromatic N) is 4. The summed E-state index contributed by atoms with van der Waals surface area (Å²) in [5, 5.41) is 8.50. The molecule has 0 spiro atoms. The van der Waals surface area contributed by atoms with E-state index in [9.17, 15) is 14.4 Å². The fourth-order valence-electron chi connectivity index (χ4n) is 1.76. The van der Waals surface area contributed by atoms with E-state index in [1.807, 2.05) is 6.07 Å². The first-order chi connectivity index (χ1) is 9.58. The molecule has 0 saturated heterocycles. The first-order valence-corrected chi connectivity index (χ1v) is 6.11. The van der Waals surface area contributed by atoms with Crippen molar-refractivity contribution in [3.8, 4) is 6.07 Å². The van der Waals surface area contributed by atoms with E-state index >= 15 is 0 Å². The lowest BCUT2D eigenvalue weighted by Gasteiger charge is -2.11. The van der Waals surface area contributed by atoms with Crippen LogP contribution < -0.4 is 17.1 Å². The second-order valence-electron chi connectivity index (χ2n) is 4.06. The number of unbranched alkanes of at least 4 members (excludes halogenated alkanes) is 1. The predicted octanol–water partition coefficient (Wildman–Crippen LogP) is -0.153. The number of hydrogen-bond donors (Lipinski definition) is 0. The summed E-state index contributed by atoms with van der Waals surface area (Å²) in [7, 11) is 0. The smallest absolute Gasteiger partial charge is 0.247 e. The molecule has 0 aliphatic carbocycles. The SMILES string of the molecule is C=CCn1c(=O)n(CC=C)c(=O)n(CCCC#N)c1=O. The Balaban J connectivity index is 3.50. The Morgan fingerprint density at radius 1 is 0.950 bits per heavy atom. The van der Waals surface area contributed by atoms with Crippen molar-refractivity contribution in [1.82, 2.24) is 13.7 Å². The van der Waals surface area contributed by atoms with Gasteiger partial charge in [-0.2, -0.15) is 5.26 Å². The number of nitriles is 1. The Morgan fingerprint density at radius 2 is 1.40 bits per heavy atom. The van der Waals surface area contributed by atoms with Crippen LogP contribution in [0.5, 0.6) is 0 Å². The van der Waals surface area contributed by atoms with E-state index in [0.29, 0.717) is 6.42 Å². The molecule has 106 valence electrons. The highest BCUT2D eigenvalue weighted by Crippen LogP contribution is 1.88. The third kappa shape index (κ3) is 3.03. The summed E-state index contributed by atoms with van der Waals surface area (Å²) in [6.07, 6.45) is 3.41. The molecule has 0 unspecified atom stereocenters. The topological polar surface area (TPSA) is 89.8 Å².